The lowest BCUT2D eigenvalue weighted by Gasteiger charge is -2.29. The van der Waals surface area contributed by atoms with Gasteiger partial charge in [-0.1, -0.05) is 90.1 Å². The van der Waals surface area contributed by atoms with Crippen LogP contribution in [0.25, 0.3) is 0 Å². The SMILES string of the molecule is Cc1cccc(C)c1C(=O)P(=O)(Oc1ccc(C(C)(C)C)cc1C(C)(C)C)c1ccccc1. The van der Waals surface area contributed by atoms with E-state index >= 15 is 0 Å². The van der Waals surface area contributed by atoms with Gasteiger partial charge in [0.2, 0.25) is 0 Å². The second kappa shape index (κ2) is 8.95. The monoisotopic (exact) mass is 462 g/mol. The summed E-state index contributed by atoms with van der Waals surface area (Å²) in [6, 6.07) is 20.5. The molecule has 0 aromatic heterocycles. The summed E-state index contributed by atoms with van der Waals surface area (Å²) >= 11 is 0. The van der Waals surface area contributed by atoms with Gasteiger partial charge >= 0.3 is 7.37 Å². The number of benzene rings is 3. The van der Waals surface area contributed by atoms with Crippen molar-refractivity contribution >= 4 is 18.2 Å². The van der Waals surface area contributed by atoms with Crippen LogP contribution in [0.4, 0.5) is 0 Å². The van der Waals surface area contributed by atoms with E-state index in [-0.39, 0.29) is 10.8 Å². The lowest BCUT2D eigenvalue weighted by molar-refractivity contribution is 0.106. The molecule has 3 aromatic carbocycles. The molecule has 0 aliphatic heterocycles. The van der Waals surface area contributed by atoms with Gasteiger partial charge in [-0.3, -0.25) is 9.36 Å². The van der Waals surface area contributed by atoms with Crippen molar-refractivity contribution in [2.24, 2.45) is 0 Å². The maximum absolute atomic E-state index is 14.6. The molecule has 33 heavy (non-hydrogen) atoms. The molecule has 0 aliphatic rings. The molecule has 0 bridgehead atoms. The zero-order valence-electron chi connectivity index (χ0n) is 21.0. The predicted molar refractivity (Wildman–Crippen MR) is 138 cm³/mol. The van der Waals surface area contributed by atoms with Crippen LogP contribution in [0.5, 0.6) is 5.75 Å². The highest BCUT2D eigenvalue weighted by Gasteiger charge is 2.40. The Morgan fingerprint density at radius 2 is 1.33 bits per heavy atom. The molecule has 0 saturated carbocycles. The van der Waals surface area contributed by atoms with Gasteiger partial charge in [0.1, 0.15) is 5.75 Å². The molecule has 3 rings (SSSR count). The minimum Gasteiger partial charge on any atom is -0.435 e. The lowest BCUT2D eigenvalue weighted by atomic mass is 9.80. The topological polar surface area (TPSA) is 43.4 Å². The van der Waals surface area contributed by atoms with Crippen LogP contribution in [0, 0.1) is 13.8 Å². The van der Waals surface area contributed by atoms with Crippen LogP contribution >= 0.6 is 7.37 Å². The highest BCUT2D eigenvalue weighted by atomic mass is 31.2. The summed E-state index contributed by atoms with van der Waals surface area (Å²) in [6.07, 6.45) is 0. The fourth-order valence-corrected chi connectivity index (χ4v) is 6.01. The first-order chi connectivity index (χ1) is 15.2. The normalized spacial score (nSPS) is 13.9. The Bertz CT molecular complexity index is 1190. The average molecular weight is 463 g/mol. The van der Waals surface area contributed by atoms with E-state index in [9.17, 15) is 9.36 Å². The molecular weight excluding hydrogens is 427 g/mol. The second-order valence-corrected chi connectivity index (χ2v) is 13.0. The van der Waals surface area contributed by atoms with Gasteiger partial charge in [0.05, 0.1) is 5.30 Å². The van der Waals surface area contributed by atoms with Gasteiger partial charge in [0.25, 0.3) is 5.52 Å². The quantitative estimate of drug-likeness (QED) is 0.365. The number of carbonyl (C=O) groups is 1. The van der Waals surface area contributed by atoms with Crippen molar-refractivity contribution in [2.75, 3.05) is 0 Å². The van der Waals surface area contributed by atoms with Gasteiger partial charge in [-0.05, 0) is 59.6 Å². The van der Waals surface area contributed by atoms with Gasteiger partial charge in [-0.2, -0.15) is 0 Å². The Hall–Kier alpha value is -2.64. The van der Waals surface area contributed by atoms with Gasteiger partial charge in [0.15, 0.2) is 0 Å². The lowest BCUT2D eigenvalue weighted by Crippen LogP contribution is -2.22. The van der Waals surface area contributed by atoms with Crippen molar-refractivity contribution < 1.29 is 13.9 Å². The Morgan fingerprint density at radius 3 is 1.85 bits per heavy atom. The molecule has 3 nitrogen and oxygen atoms in total. The van der Waals surface area contributed by atoms with Crippen LogP contribution in [0.1, 0.15) is 74.2 Å². The van der Waals surface area contributed by atoms with Crippen molar-refractivity contribution in [3.8, 4) is 5.75 Å². The fourth-order valence-electron chi connectivity index (χ4n) is 3.94. The summed E-state index contributed by atoms with van der Waals surface area (Å²) in [4.78, 5) is 13.9. The third-order valence-corrected chi connectivity index (χ3v) is 8.13. The zero-order valence-corrected chi connectivity index (χ0v) is 21.9. The van der Waals surface area contributed by atoms with Crippen LogP contribution in [-0.4, -0.2) is 5.52 Å². The molecule has 0 saturated heterocycles. The smallest absolute Gasteiger partial charge is 0.346 e. The largest absolute Gasteiger partial charge is 0.435 e. The van der Waals surface area contributed by atoms with E-state index in [0.717, 1.165) is 22.3 Å². The predicted octanol–water partition coefficient (Wildman–Crippen LogP) is 7.72. The molecule has 174 valence electrons. The molecule has 1 unspecified atom stereocenters. The molecule has 0 N–H and O–H groups in total. The van der Waals surface area contributed by atoms with E-state index in [1.54, 1.807) is 24.3 Å². The summed E-state index contributed by atoms with van der Waals surface area (Å²) < 4.78 is 20.9. The minimum atomic E-state index is -3.95. The highest BCUT2D eigenvalue weighted by molar-refractivity contribution is 7.83. The molecule has 0 aliphatic carbocycles. The second-order valence-electron chi connectivity index (χ2n) is 10.8. The van der Waals surface area contributed by atoms with Gasteiger partial charge in [-0.25, -0.2) is 0 Å². The molecule has 4 heteroatoms. The van der Waals surface area contributed by atoms with E-state index in [0.29, 0.717) is 16.6 Å². The average Bonchev–Trinajstić information content (AvgIpc) is 2.72. The van der Waals surface area contributed by atoms with E-state index < -0.39 is 12.9 Å². The Morgan fingerprint density at radius 1 is 0.758 bits per heavy atom. The molecule has 3 aromatic rings. The zero-order chi connectivity index (χ0) is 24.6. The Balaban J connectivity index is 2.23. The molecule has 1 atom stereocenters. The third-order valence-electron chi connectivity index (χ3n) is 5.94. The first-order valence-corrected chi connectivity index (χ1v) is 13.0. The summed E-state index contributed by atoms with van der Waals surface area (Å²) in [5, 5.41) is 0.400. The molecular formula is C29H35O3P. The van der Waals surface area contributed by atoms with E-state index in [2.05, 4.69) is 47.6 Å². The van der Waals surface area contributed by atoms with Crippen LogP contribution in [0.3, 0.4) is 0 Å². The first-order valence-electron chi connectivity index (χ1n) is 11.4. The number of carbonyl (C=O) groups excluding carboxylic acids is 1. The van der Waals surface area contributed by atoms with Crippen LogP contribution in [-0.2, 0) is 15.4 Å². The number of rotatable bonds is 5. The maximum Gasteiger partial charge on any atom is 0.346 e. The van der Waals surface area contributed by atoms with Crippen molar-refractivity contribution in [3.63, 3.8) is 0 Å². The number of aryl methyl sites for hydroxylation is 2. The van der Waals surface area contributed by atoms with Crippen molar-refractivity contribution in [1.29, 1.82) is 0 Å². The molecule has 0 amide bonds. The van der Waals surface area contributed by atoms with Gasteiger partial charge in [0, 0.05) is 11.1 Å². The maximum atomic E-state index is 14.6. The van der Waals surface area contributed by atoms with E-state index in [4.69, 9.17) is 4.52 Å². The van der Waals surface area contributed by atoms with Crippen molar-refractivity contribution in [1.82, 2.24) is 0 Å². The van der Waals surface area contributed by atoms with Crippen LogP contribution in [0.2, 0.25) is 0 Å². The number of hydrogen-bond donors (Lipinski definition) is 0. The standard InChI is InChI=1S/C29H35O3P/c1-20-13-12-14-21(2)26(20)27(30)33(31,23-15-10-9-11-16-23)32-25-18-17-22(28(3,4)5)19-24(25)29(6,7)8/h9-19H,1-8H3. The molecule has 0 radical (unpaired) electrons. The number of hydrogen-bond acceptors (Lipinski definition) is 3. The minimum absolute atomic E-state index is 0.0459. The van der Waals surface area contributed by atoms with Gasteiger partial charge in [-0.15, -0.1) is 0 Å². The van der Waals surface area contributed by atoms with Crippen LogP contribution < -0.4 is 9.83 Å². The Labute approximate surface area is 198 Å². The first kappa shape index (κ1) is 25.0. The Kier molecular flexibility index (Phi) is 6.78. The summed E-state index contributed by atoms with van der Waals surface area (Å²) in [6.45, 7) is 16.5. The molecule has 0 heterocycles. The van der Waals surface area contributed by atoms with Crippen molar-refractivity contribution in [2.45, 2.75) is 66.2 Å². The van der Waals surface area contributed by atoms with E-state index in [1.165, 1.54) is 0 Å². The fraction of sp³-hybridized carbons (Fsp3) is 0.345. The highest BCUT2D eigenvalue weighted by Crippen LogP contribution is 2.52. The van der Waals surface area contributed by atoms with Gasteiger partial charge < -0.3 is 4.52 Å². The molecule has 0 fully saturated rings. The summed E-state index contributed by atoms with van der Waals surface area (Å²) in [5.41, 5.74) is 3.36. The summed E-state index contributed by atoms with van der Waals surface area (Å²) in [7, 11) is -3.95. The van der Waals surface area contributed by atoms with Crippen LogP contribution in [0.15, 0.2) is 66.7 Å². The van der Waals surface area contributed by atoms with Crippen molar-refractivity contribution in [3.05, 3.63) is 94.5 Å². The summed E-state index contributed by atoms with van der Waals surface area (Å²) in [5.74, 6) is 0.488. The molecule has 0 spiro atoms. The third kappa shape index (κ3) is 5.14. The van der Waals surface area contributed by atoms with E-state index in [1.807, 2.05) is 50.2 Å².